The second kappa shape index (κ2) is 4.19. The number of hydrogen-bond donors (Lipinski definition) is 1. The van der Waals surface area contributed by atoms with E-state index >= 15 is 0 Å². The third-order valence-corrected chi connectivity index (χ3v) is 4.39. The van der Waals surface area contributed by atoms with Crippen molar-refractivity contribution in [3.63, 3.8) is 0 Å². The molecule has 0 saturated heterocycles. The second-order valence-electron chi connectivity index (χ2n) is 5.40. The first-order valence-electron chi connectivity index (χ1n) is 6.41. The Morgan fingerprint density at radius 1 is 1.11 bits per heavy atom. The molecule has 98 valence electrons. The number of benzene rings is 1. The van der Waals surface area contributed by atoms with Gasteiger partial charge in [-0.2, -0.15) is 0 Å². The van der Waals surface area contributed by atoms with E-state index < -0.39 is 11.6 Å². The topological polar surface area (TPSA) is 29.5 Å². The lowest BCUT2D eigenvalue weighted by atomic mass is 9.62. The summed E-state index contributed by atoms with van der Waals surface area (Å²) in [7, 11) is 0. The Morgan fingerprint density at radius 2 is 1.72 bits per heavy atom. The Morgan fingerprint density at radius 3 is 2.28 bits per heavy atom. The van der Waals surface area contributed by atoms with Gasteiger partial charge in [0.15, 0.2) is 0 Å². The van der Waals surface area contributed by atoms with Gasteiger partial charge in [0.1, 0.15) is 23.5 Å². The normalized spacial score (nSPS) is 29.3. The zero-order valence-corrected chi connectivity index (χ0v) is 10.0. The summed E-state index contributed by atoms with van der Waals surface area (Å²) in [5.74, 6) is -1.05. The Bertz CT molecular complexity index is 435. The maximum atomic E-state index is 13.1. The van der Waals surface area contributed by atoms with Crippen molar-refractivity contribution in [3.8, 4) is 5.75 Å². The van der Waals surface area contributed by atoms with Crippen LogP contribution in [0.2, 0.25) is 0 Å². The standard InChI is InChI=1S/C14H16F2O2/c15-9-5-10(16)7-11(6-9)18-13-8-12(17)14(13)3-1-2-4-14/h5-7,12-13,17H,1-4,8H2. The summed E-state index contributed by atoms with van der Waals surface area (Å²) in [4.78, 5) is 0. The smallest absolute Gasteiger partial charge is 0.129 e. The molecule has 1 spiro atoms. The molecular weight excluding hydrogens is 238 g/mol. The van der Waals surface area contributed by atoms with E-state index in [9.17, 15) is 13.9 Å². The van der Waals surface area contributed by atoms with Crippen molar-refractivity contribution < 1.29 is 18.6 Å². The molecule has 2 aliphatic carbocycles. The molecular formula is C14H16F2O2. The Balaban J connectivity index is 1.77. The quantitative estimate of drug-likeness (QED) is 0.879. The lowest BCUT2D eigenvalue weighted by Gasteiger charge is -2.51. The molecule has 0 bridgehead atoms. The summed E-state index contributed by atoms with van der Waals surface area (Å²) in [6.07, 6.45) is 4.17. The molecule has 2 unspecified atom stereocenters. The predicted molar refractivity (Wildman–Crippen MR) is 62.3 cm³/mol. The van der Waals surface area contributed by atoms with Crippen LogP contribution in [0.4, 0.5) is 8.78 Å². The maximum absolute atomic E-state index is 13.1. The number of ether oxygens (including phenoxy) is 1. The summed E-state index contributed by atoms with van der Waals surface area (Å²) in [5.41, 5.74) is -0.178. The van der Waals surface area contributed by atoms with Gasteiger partial charge in [-0.05, 0) is 12.8 Å². The number of halogens is 2. The van der Waals surface area contributed by atoms with Crippen molar-refractivity contribution in [2.75, 3.05) is 0 Å². The average molecular weight is 254 g/mol. The largest absolute Gasteiger partial charge is 0.489 e. The van der Waals surface area contributed by atoms with Crippen molar-refractivity contribution in [1.82, 2.24) is 0 Å². The lowest BCUT2D eigenvalue weighted by Crippen LogP contribution is -2.58. The summed E-state index contributed by atoms with van der Waals surface area (Å²) in [6.45, 7) is 0. The number of aliphatic hydroxyl groups is 1. The van der Waals surface area contributed by atoms with Crippen LogP contribution < -0.4 is 4.74 Å². The minimum atomic E-state index is -0.634. The van der Waals surface area contributed by atoms with Crippen LogP contribution >= 0.6 is 0 Å². The first-order valence-corrected chi connectivity index (χ1v) is 6.41. The third kappa shape index (κ3) is 1.79. The highest BCUT2D eigenvalue weighted by Crippen LogP contribution is 2.54. The molecule has 3 rings (SSSR count). The summed E-state index contributed by atoms with van der Waals surface area (Å²) in [6, 6.07) is 3.21. The number of rotatable bonds is 2. The third-order valence-electron chi connectivity index (χ3n) is 4.39. The number of hydrogen-bond acceptors (Lipinski definition) is 2. The van der Waals surface area contributed by atoms with Crippen molar-refractivity contribution >= 4 is 0 Å². The van der Waals surface area contributed by atoms with Crippen molar-refractivity contribution in [2.45, 2.75) is 44.3 Å². The van der Waals surface area contributed by atoms with Crippen molar-refractivity contribution in [3.05, 3.63) is 29.8 Å². The number of aliphatic hydroxyl groups excluding tert-OH is 1. The second-order valence-corrected chi connectivity index (χ2v) is 5.40. The summed E-state index contributed by atoms with van der Waals surface area (Å²) >= 11 is 0. The minimum absolute atomic E-state index is 0.115. The molecule has 2 nitrogen and oxygen atoms in total. The van der Waals surface area contributed by atoms with E-state index in [1.54, 1.807) is 0 Å². The van der Waals surface area contributed by atoms with Gasteiger partial charge in [0.2, 0.25) is 0 Å². The molecule has 1 aromatic rings. The Hall–Kier alpha value is -1.16. The first-order chi connectivity index (χ1) is 8.60. The monoisotopic (exact) mass is 254 g/mol. The average Bonchev–Trinajstić information content (AvgIpc) is 2.79. The molecule has 0 heterocycles. The van der Waals surface area contributed by atoms with Crippen LogP contribution in [0.1, 0.15) is 32.1 Å². The molecule has 2 fully saturated rings. The summed E-state index contributed by atoms with van der Waals surface area (Å²) in [5, 5.41) is 9.93. The molecule has 18 heavy (non-hydrogen) atoms. The molecule has 0 aliphatic heterocycles. The molecule has 1 aromatic carbocycles. The van der Waals surface area contributed by atoms with Gasteiger partial charge in [0, 0.05) is 30.0 Å². The fourth-order valence-electron chi connectivity index (χ4n) is 3.34. The first kappa shape index (κ1) is 11.9. The van der Waals surface area contributed by atoms with Crippen molar-refractivity contribution in [2.24, 2.45) is 5.41 Å². The van der Waals surface area contributed by atoms with Crippen LogP contribution in [0, 0.1) is 17.0 Å². The van der Waals surface area contributed by atoms with E-state index in [-0.39, 0.29) is 23.4 Å². The van der Waals surface area contributed by atoms with E-state index in [4.69, 9.17) is 4.74 Å². The van der Waals surface area contributed by atoms with Crippen LogP contribution in [0.25, 0.3) is 0 Å². The van der Waals surface area contributed by atoms with Crippen LogP contribution in [-0.2, 0) is 0 Å². The van der Waals surface area contributed by atoms with Gasteiger partial charge in [0.25, 0.3) is 0 Å². The zero-order chi connectivity index (χ0) is 12.8. The fraction of sp³-hybridized carbons (Fsp3) is 0.571. The zero-order valence-electron chi connectivity index (χ0n) is 10.0. The van der Waals surface area contributed by atoms with E-state index in [2.05, 4.69) is 0 Å². The van der Waals surface area contributed by atoms with Crippen LogP contribution in [0.15, 0.2) is 18.2 Å². The molecule has 1 N–H and O–H groups in total. The molecule has 0 aromatic heterocycles. The molecule has 2 aliphatic rings. The van der Waals surface area contributed by atoms with Gasteiger partial charge in [-0.3, -0.25) is 0 Å². The van der Waals surface area contributed by atoms with E-state index in [0.29, 0.717) is 6.42 Å². The molecule has 2 atom stereocenters. The van der Waals surface area contributed by atoms with Crippen LogP contribution in [0.3, 0.4) is 0 Å². The van der Waals surface area contributed by atoms with Gasteiger partial charge < -0.3 is 9.84 Å². The van der Waals surface area contributed by atoms with Gasteiger partial charge in [-0.1, -0.05) is 12.8 Å². The molecule has 2 saturated carbocycles. The van der Waals surface area contributed by atoms with Crippen LogP contribution in [-0.4, -0.2) is 17.3 Å². The summed E-state index contributed by atoms with van der Waals surface area (Å²) < 4.78 is 31.8. The SMILES string of the molecule is OC1CC(Oc2cc(F)cc(F)c2)C12CCCC2. The van der Waals surface area contributed by atoms with Gasteiger partial charge in [-0.25, -0.2) is 8.78 Å². The highest BCUT2D eigenvalue weighted by Gasteiger charge is 2.57. The fourth-order valence-corrected chi connectivity index (χ4v) is 3.34. The molecule has 0 radical (unpaired) electrons. The molecule has 4 heteroatoms. The van der Waals surface area contributed by atoms with E-state index in [1.807, 2.05) is 0 Å². The van der Waals surface area contributed by atoms with E-state index in [0.717, 1.165) is 31.7 Å². The minimum Gasteiger partial charge on any atom is -0.489 e. The molecule has 0 amide bonds. The maximum Gasteiger partial charge on any atom is 0.129 e. The Kier molecular flexibility index (Phi) is 2.77. The van der Waals surface area contributed by atoms with Gasteiger partial charge in [0.05, 0.1) is 6.10 Å². The van der Waals surface area contributed by atoms with Crippen molar-refractivity contribution in [1.29, 1.82) is 0 Å². The van der Waals surface area contributed by atoms with Crippen LogP contribution in [0.5, 0.6) is 5.75 Å². The predicted octanol–water partition coefficient (Wildman–Crippen LogP) is 3.04. The Labute approximate surface area is 105 Å². The highest BCUT2D eigenvalue weighted by atomic mass is 19.1. The lowest BCUT2D eigenvalue weighted by molar-refractivity contribution is -0.152. The van der Waals surface area contributed by atoms with Gasteiger partial charge in [-0.15, -0.1) is 0 Å². The van der Waals surface area contributed by atoms with E-state index in [1.165, 1.54) is 12.1 Å². The highest BCUT2D eigenvalue weighted by molar-refractivity contribution is 5.25. The van der Waals surface area contributed by atoms with Gasteiger partial charge >= 0.3 is 0 Å².